The van der Waals surface area contributed by atoms with Gasteiger partial charge in [0.2, 0.25) is 0 Å². The normalized spacial score (nSPS) is 9.93. The van der Waals surface area contributed by atoms with Gasteiger partial charge in [-0.3, -0.25) is 35.9 Å². The van der Waals surface area contributed by atoms with Crippen LogP contribution in [-0.2, 0) is 4.79 Å². The maximum Gasteiger partial charge on any atom is 0.276 e. The van der Waals surface area contributed by atoms with Crippen LogP contribution in [0.1, 0.15) is 21.5 Å². The van der Waals surface area contributed by atoms with Crippen molar-refractivity contribution in [1.29, 1.82) is 0 Å². The Balaban J connectivity index is 1.79. The number of non-ortho nitro benzene ring substituents is 1. The predicted molar refractivity (Wildman–Crippen MR) is 106 cm³/mol. The number of nitrogens with zero attached hydrogens (tertiary/aromatic N) is 1. The molecule has 0 heterocycles. The van der Waals surface area contributed by atoms with Gasteiger partial charge in [-0.2, -0.15) is 0 Å². The number of aryl methyl sites for hydroxylation is 2. The highest BCUT2D eigenvalue weighted by molar-refractivity contribution is 7.80. The van der Waals surface area contributed by atoms with Crippen molar-refractivity contribution in [2.75, 3.05) is 6.61 Å². The largest absolute Gasteiger partial charge is 0.483 e. The molecular formula is C18H18N4O5S. The molecule has 146 valence electrons. The van der Waals surface area contributed by atoms with Gasteiger partial charge in [-0.05, 0) is 49.3 Å². The van der Waals surface area contributed by atoms with E-state index in [0.717, 1.165) is 11.1 Å². The number of hydrogen-bond donors (Lipinski definition) is 3. The number of carbonyl (C=O) groups is 2. The summed E-state index contributed by atoms with van der Waals surface area (Å²) in [7, 11) is 0. The summed E-state index contributed by atoms with van der Waals surface area (Å²) < 4.78 is 5.50. The van der Waals surface area contributed by atoms with Crippen LogP contribution in [0.15, 0.2) is 42.5 Å². The quantitative estimate of drug-likeness (QED) is 0.397. The zero-order chi connectivity index (χ0) is 20.7. The average molecular weight is 402 g/mol. The molecule has 0 fully saturated rings. The lowest BCUT2D eigenvalue weighted by Crippen LogP contribution is -2.49. The molecule has 0 saturated heterocycles. The van der Waals surface area contributed by atoms with Gasteiger partial charge in [0, 0.05) is 17.7 Å². The maximum atomic E-state index is 12.0. The van der Waals surface area contributed by atoms with Crippen LogP contribution in [0.2, 0.25) is 0 Å². The number of carbonyl (C=O) groups excluding carboxylic acids is 2. The van der Waals surface area contributed by atoms with Gasteiger partial charge in [0.25, 0.3) is 17.5 Å². The molecule has 2 aromatic carbocycles. The molecule has 2 amide bonds. The molecule has 10 heteroatoms. The van der Waals surface area contributed by atoms with E-state index < -0.39 is 16.7 Å². The third-order valence-corrected chi connectivity index (χ3v) is 3.84. The molecule has 0 aliphatic carbocycles. The first-order chi connectivity index (χ1) is 13.3. The fraction of sp³-hybridized carbons (Fsp3) is 0.167. The van der Waals surface area contributed by atoms with Crippen LogP contribution in [-0.4, -0.2) is 28.5 Å². The lowest BCUT2D eigenvalue weighted by molar-refractivity contribution is -0.384. The molecule has 9 nitrogen and oxygen atoms in total. The minimum Gasteiger partial charge on any atom is -0.483 e. The first kappa shape index (κ1) is 20.8. The summed E-state index contributed by atoms with van der Waals surface area (Å²) in [6.45, 7) is 3.51. The molecule has 2 aromatic rings. The molecule has 0 bridgehead atoms. The molecule has 0 saturated carbocycles. The van der Waals surface area contributed by atoms with E-state index in [1.54, 1.807) is 0 Å². The Kier molecular flexibility index (Phi) is 6.99. The summed E-state index contributed by atoms with van der Waals surface area (Å²) in [5.74, 6) is -0.435. The molecule has 28 heavy (non-hydrogen) atoms. The number of amides is 2. The molecular weight excluding hydrogens is 384 g/mol. The SMILES string of the molecule is Cc1cccc(C)c1OCC(=O)NNC(=S)NC(=O)c1ccc([N+](=O)[O-])cc1. The Labute approximate surface area is 166 Å². The third-order valence-electron chi connectivity index (χ3n) is 3.64. The van der Waals surface area contributed by atoms with E-state index in [4.69, 9.17) is 17.0 Å². The highest BCUT2D eigenvalue weighted by atomic mass is 32.1. The molecule has 0 atom stereocenters. The van der Waals surface area contributed by atoms with Crippen LogP contribution in [0, 0.1) is 24.0 Å². The Morgan fingerprint density at radius 1 is 1.07 bits per heavy atom. The minimum absolute atomic E-state index is 0.131. The number of nitrogens with one attached hydrogen (secondary N) is 3. The summed E-state index contributed by atoms with van der Waals surface area (Å²) in [5, 5.41) is 12.8. The summed E-state index contributed by atoms with van der Waals surface area (Å²) in [5.41, 5.74) is 6.57. The standard InChI is InChI=1S/C18H18N4O5S/c1-11-4-3-5-12(2)16(11)27-10-15(23)20-21-18(28)19-17(24)13-6-8-14(9-7-13)22(25)26/h3-9H,10H2,1-2H3,(H,20,23)(H2,19,21,24,28). The molecule has 0 spiro atoms. The van der Waals surface area contributed by atoms with Crippen LogP contribution in [0.4, 0.5) is 5.69 Å². The molecule has 0 aliphatic heterocycles. The van der Waals surface area contributed by atoms with Crippen molar-refractivity contribution >= 4 is 34.8 Å². The number of rotatable bonds is 5. The van der Waals surface area contributed by atoms with Crippen molar-refractivity contribution < 1.29 is 19.2 Å². The summed E-state index contributed by atoms with van der Waals surface area (Å²) in [4.78, 5) is 33.9. The van der Waals surface area contributed by atoms with Gasteiger partial charge < -0.3 is 4.74 Å². The monoisotopic (exact) mass is 402 g/mol. The van der Waals surface area contributed by atoms with Gasteiger partial charge in [0.15, 0.2) is 11.7 Å². The lowest BCUT2D eigenvalue weighted by Gasteiger charge is -2.13. The second kappa shape index (κ2) is 9.42. The number of hydrazine groups is 1. The predicted octanol–water partition coefficient (Wildman–Crippen LogP) is 1.93. The Hall–Kier alpha value is -3.53. The smallest absolute Gasteiger partial charge is 0.276 e. The fourth-order valence-corrected chi connectivity index (χ4v) is 2.41. The van der Waals surface area contributed by atoms with Crippen LogP contribution < -0.4 is 20.9 Å². The van der Waals surface area contributed by atoms with E-state index in [1.165, 1.54) is 24.3 Å². The molecule has 0 unspecified atom stereocenters. The first-order valence-corrected chi connectivity index (χ1v) is 8.52. The van der Waals surface area contributed by atoms with Crippen LogP contribution in [0.25, 0.3) is 0 Å². The van der Waals surface area contributed by atoms with Crippen molar-refractivity contribution in [2.24, 2.45) is 0 Å². The maximum absolute atomic E-state index is 12.0. The van der Waals surface area contributed by atoms with E-state index >= 15 is 0 Å². The minimum atomic E-state index is -0.576. The molecule has 2 rings (SSSR count). The van der Waals surface area contributed by atoms with Gasteiger partial charge >= 0.3 is 0 Å². The van der Waals surface area contributed by atoms with Gasteiger partial charge in [0.05, 0.1) is 4.92 Å². The Bertz CT molecular complexity index is 894. The second-order valence-corrected chi connectivity index (χ2v) is 6.18. The van der Waals surface area contributed by atoms with Crippen LogP contribution in [0.5, 0.6) is 5.75 Å². The van der Waals surface area contributed by atoms with E-state index in [-0.39, 0.29) is 23.0 Å². The molecule has 0 aromatic heterocycles. The van der Waals surface area contributed by atoms with E-state index in [2.05, 4.69) is 16.2 Å². The van der Waals surface area contributed by atoms with Gasteiger partial charge in [-0.25, -0.2) is 0 Å². The lowest BCUT2D eigenvalue weighted by atomic mass is 10.1. The van der Waals surface area contributed by atoms with Crippen molar-refractivity contribution in [3.05, 3.63) is 69.3 Å². The zero-order valence-electron chi connectivity index (χ0n) is 15.1. The number of thiocarbonyl (C=S) groups is 1. The van der Waals surface area contributed by atoms with Gasteiger partial charge in [0.1, 0.15) is 5.75 Å². The fourth-order valence-electron chi connectivity index (χ4n) is 2.27. The zero-order valence-corrected chi connectivity index (χ0v) is 16.0. The summed E-state index contributed by atoms with van der Waals surface area (Å²) in [6.07, 6.45) is 0. The van der Waals surface area contributed by atoms with Crippen molar-refractivity contribution in [3.63, 3.8) is 0 Å². The van der Waals surface area contributed by atoms with Crippen LogP contribution >= 0.6 is 12.2 Å². The highest BCUT2D eigenvalue weighted by Crippen LogP contribution is 2.21. The number of ether oxygens (including phenoxy) is 1. The number of benzene rings is 2. The number of nitro benzene ring substituents is 1. The van der Waals surface area contributed by atoms with Gasteiger partial charge in [-0.15, -0.1) is 0 Å². The van der Waals surface area contributed by atoms with Crippen molar-refractivity contribution in [3.8, 4) is 5.75 Å². The summed E-state index contributed by atoms with van der Waals surface area (Å²) >= 11 is 4.93. The van der Waals surface area contributed by atoms with E-state index in [9.17, 15) is 19.7 Å². The summed E-state index contributed by atoms with van der Waals surface area (Å²) in [6, 6.07) is 10.7. The van der Waals surface area contributed by atoms with E-state index in [1.807, 2.05) is 32.0 Å². The van der Waals surface area contributed by atoms with Crippen molar-refractivity contribution in [2.45, 2.75) is 13.8 Å². The molecule has 3 N–H and O–H groups in total. The molecule has 0 aliphatic rings. The van der Waals surface area contributed by atoms with Crippen LogP contribution in [0.3, 0.4) is 0 Å². The molecule has 0 radical (unpaired) electrons. The first-order valence-electron chi connectivity index (χ1n) is 8.11. The number of hydrogen-bond acceptors (Lipinski definition) is 6. The topological polar surface area (TPSA) is 123 Å². The number of para-hydroxylation sites is 1. The Morgan fingerprint density at radius 3 is 2.25 bits per heavy atom. The van der Waals surface area contributed by atoms with Gasteiger partial charge in [-0.1, -0.05) is 18.2 Å². The average Bonchev–Trinajstić information content (AvgIpc) is 2.66. The van der Waals surface area contributed by atoms with Crippen molar-refractivity contribution in [1.82, 2.24) is 16.2 Å². The second-order valence-electron chi connectivity index (χ2n) is 5.77. The van der Waals surface area contributed by atoms with E-state index in [0.29, 0.717) is 5.75 Å². The Morgan fingerprint density at radius 2 is 1.68 bits per heavy atom. The number of nitro groups is 1. The highest BCUT2D eigenvalue weighted by Gasteiger charge is 2.12. The third kappa shape index (κ3) is 5.74.